The van der Waals surface area contributed by atoms with Crippen molar-refractivity contribution in [3.05, 3.63) is 23.3 Å². The minimum absolute atomic E-state index is 0.0202. The molecule has 1 atom stereocenters. The summed E-state index contributed by atoms with van der Waals surface area (Å²) in [5.41, 5.74) is 9.56. The minimum Gasteiger partial charge on any atom is -0.397 e. The molecule has 0 fully saturated rings. The molecule has 0 aromatic heterocycles. The summed E-state index contributed by atoms with van der Waals surface area (Å²) in [6, 6.07) is 3.91. The maximum Gasteiger partial charge on any atom is 0.288 e. The van der Waals surface area contributed by atoms with Gasteiger partial charge in [-0.3, -0.25) is 4.57 Å². The molecular weight excluding hydrogens is 283 g/mol. The van der Waals surface area contributed by atoms with Gasteiger partial charge in [-0.25, -0.2) is 0 Å². The Morgan fingerprint density at radius 2 is 1.48 bits per heavy atom. The van der Waals surface area contributed by atoms with Gasteiger partial charge in [-0.15, -0.1) is 0 Å². The first-order valence-electron chi connectivity index (χ1n) is 7.25. The molecule has 4 N–H and O–H groups in total. The van der Waals surface area contributed by atoms with E-state index in [2.05, 4.69) is 46.6 Å². The molecule has 2 rings (SSSR count). The Labute approximate surface area is 127 Å². The molecule has 0 aliphatic heterocycles. The quantitative estimate of drug-likeness (QED) is 0.568. The van der Waals surface area contributed by atoms with E-state index in [1.165, 1.54) is 17.8 Å². The zero-order chi connectivity index (χ0) is 16.4. The Morgan fingerprint density at radius 1 is 1.05 bits per heavy atom. The van der Waals surface area contributed by atoms with E-state index in [0.717, 1.165) is 0 Å². The molecule has 0 spiro atoms. The van der Waals surface area contributed by atoms with E-state index in [1.54, 1.807) is 0 Å². The van der Waals surface area contributed by atoms with Gasteiger partial charge >= 0.3 is 0 Å². The van der Waals surface area contributed by atoms with E-state index in [9.17, 15) is 9.46 Å². The van der Waals surface area contributed by atoms with Crippen molar-refractivity contribution in [1.82, 2.24) is 0 Å². The van der Waals surface area contributed by atoms with E-state index in [4.69, 9.17) is 5.73 Å². The molecule has 0 radical (unpaired) electrons. The van der Waals surface area contributed by atoms with E-state index < -0.39 is 7.52 Å². The zero-order valence-corrected chi connectivity index (χ0v) is 14.9. The molecule has 0 bridgehead atoms. The largest absolute Gasteiger partial charge is 0.397 e. The lowest BCUT2D eigenvalue weighted by molar-refractivity contribution is 0.125. The van der Waals surface area contributed by atoms with Crippen LogP contribution in [0.4, 0.5) is 11.4 Å². The lowest BCUT2D eigenvalue weighted by Gasteiger charge is -2.44. The summed E-state index contributed by atoms with van der Waals surface area (Å²) in [6.07, 6.45) is 0. The van der Waals surface area contributed by atoms with Crippen molar-refractivity contribution in [3.63, 3.8) is 0 Å². The topological polar surface area (TPSA) is 75.3 Å². The van der Waals surface area contributed by atoms with Gasteiger partial charge in [0.2, 0.25) is 0 Å². The number of hydrogen-bond donors (Lipinski definition) is 3. The van der Waals surface area contributed by atoms with Crippen LogP contribution in [0, 0.1) is 5.41 Å². The summed E-state index contributed by atoms with van der Waals surface area (Å²) in [4.78, 5) is 9.57. The van der Waals surface area contributed by atoms with Crippen molar-refractivity contribution in [2.24, 2.45) is 5.41 Å². The predicted octanol–water partition coefficient (Wildman–Crippen LogP) is 4.09. The van der Waals surface area contributed by atoms with E-state index in [1.807, 2.05) is 12.1 Å². The number of nitrogens with one attached hydrogen (secondary N) is 1. The molecule has 1 unspecified atom stereocenters. The maximum atomic E-state index is 11.6. The van der Waals surface area contributed by atoms with Crippen LogP contribution in [0.2, 0.25) is 0 Å². The van der Waals surface area contributed by atoms with Crippen LogP contribution in [-0.4, -0.2) is 11.6 Å². The third kappa shape index (κ3) is 2.20. The lowest BCUT2D eigenvalue weighted by Crippen LogP contribution is -2.42. The van der Waals surface area contributed by atoms with Gasteiger partial charge < -0.3 is 15.7 Å². The van der Waals surface area contributed by atoms with Gasteiger partial charge in [-0.1, -0.05) is 41.5 Å². The molecule has 21 heavy (non-hydrogen) atoms. The standard InChI is InChI=1S/C16H27N2O2P/c1-14(2)10-8-12(17)13(18-21(7,19)20)9-11(10)15(3,4)16(14,5)6/h8-9H,17H2,1-7H3,(H2,18,19,20). The molecule has 0 saturated heterocycles. The summed E-state index contributed by atoms with van der Waals surface area (Å²) in [5, 5.41) is 2.66. The van der Waals surface area contributed by atoms with Gasteiger partial charge in [0, 0.05) is 6.66 Å². The summed E-state index contributed by atoms with van der Waals surface area (Å²) in [5.74, 6) is 0. The fourth-order valence-electron chi connectivity index (χ4n) is 3.43. The Hall–Kier alpha value is -0.990. The van der Waals surface area contributed by atoms with Gasteiger partial charge in [-0.2, -0.15) is 0 Å². The highest BCUT2D eigenvalue weighted by molar-refractivity contribution is 7.58. The second-order valence-electron chi connectivity index (χ2n) is 7.85. The van der Waals surface area contributed by atoms with E-state index in [-0.39, 0.29) is 16.2 Å². The molecule has 1 aliphatic rings. The molecule has 4 nitrogen and oxygen atoms in total. The summed E-state index contributed by atoms with van der Waals surface area (Å²) in [6.45, 7) is 14.8. The third-order valence-corrected chi connectivity index (χ3v) is 6.65. The monoisotopic (exact) mass is 310 g/mol. The summed E-state index contributed by atoms with van der Waals surface area (Å²) in [7, 11) is -3.38. The Morgan fingerprint density at radius 3 is 1.90 bits per heavy atom. The average molecular weight is 310 g/mol. The fraction of sp³-hybridized carbons (Fsp3) is 0.625. The van der Waals surface area contributed by atoms with Gasteiger partial charge in [0.1, 0.15) is 0 Å². The number of anilines is 2. The highest BCUT2D eigenvalue weighted by atomic mass is 31.2. The molecule has 0 saturated carbocycles. The van der Waals surface area contributed by atoms with Crippen LogP contribution in [0.3, 0.4) is 0 Å². The molecule has 0 amide bonds. The Bertz CT molecular complexity index is 642. The highest BCUT2D eigenvalue weighted by Gasteiger charge is 2.56. The summed E-state index contributed by atoms with van der Waals surface area (Å²) < 4.78 is 11.6. The predicted molar refractivity (Wildman–Crippen MR) is 90.1 cm³/mol. The van der Waals surface area contributed by atoms with Crippen LogP contribution in [0.15, 0.2) is 12.1 Å². The maximum absolute atomic E-state index is 11.6. The molecular formula is C16H27N2O2P. The highest BCUT2D eigenvalue weighted by Crippen LogP contribution is 2.62. The van der Waals surface area contributed by atoms with Gasteiger partial charge in [0.05, 0.1) is 11.4 Å². The second kappa shape index (κ2) is 4.27. The number of fused-ring (bicyclic) bond motifs is 1. The molecule has 1 aromatic rings. The van der Waals surface area contributed by atoms with Crippen LogP contribution < -0.4 is 10.8 Å². The fourth-order valence-corrected chi connectivity index (χ4v) is 4.07. The molecule has 0 heterocycles. The number of rotatable bonds is 2. The first kappa shape index (κ1) is 16.4. The number of nitrogens with two attached hydrogens (primary N) is 1. The molecule has 5 heteroatoms. The van der Waals surface area contributed by atoms with Crippen molar-refractivity contribution >= 4 is 18.9 Å². The van der Waals surface area contributed by atoms with Gasteiger partial charge in [0.25, 0.3) is 7.52 Å². The average Bonchev–Trinajstić information content (AvgIpc) is 2.36. The van der Waals surface area contributed by atoms with Crippen LogP contribution in [0.5, 0.6) is 0 Å². The van der Waals surface area contributed by atoms with Crippen molar-refractivity contribution in [1.29, 1.82) is 0 Å². The van der Waals surface area contributed by atoms with Crippen LogP contribution in [-0.2, 0) is 15.4 Å². The van der Waals surface area contributed by atoms with E-state index >= 15 is 0 Å². The molecule has 1 aromatic carbocycles. The van der Waals surface area contributed by atoms with Crippen molar-refractivity contribution in [3.8, 4) is 0 Å². The number of nitrogen functional groups attached to an aromatic ring is 1. The second-order valence-corrected chi connectivity index (χ2v) is 9.83. The third-order valence-electron chi connectivity index (χ3n) is 5.99. The molecule has 1 aliphatic carbocycles. The zero-order valence-electron chi connectivity index (χ0n) is 14.0. The lowest BCUT2D eigenvalue weighted by atomic mass is 9.59. The normalized spacial score (nSPS) is 24.2. The van der Waals surface area contributed by atoms with Crippen LogP contribution in [0.25, 0.3) is 0 Å². The van der Waals surface area contributed by atoms with Crippen molar-refractivity contribution < 1.29 is 9.46 Å². The first-order valence-corrected chi connectivity index (χ1v) is 9.35. The van der Waals surface area contributed by atoms with Gasteiger partial charge in [0.15, 0.2) is 0 Å². The SMILES string of the molecule is CC1(C)c2cc(N)c(NP(C)(=O)O)cc2C(C)(C)C1(C)C. The first-order chi connectivity index (χ1) is 9.22. The number of hydrogen-bond acceptors (Lipinski definition) is 2. The summed E-state index contributed by atoms with van der Waals surface area (Å²) >= 11 is 0. The number of benzene rings is 1. The van der Waals surface area contributed by atoms with Crippen molar-refractivity contribution in [2.45, 2.75) is 52.4 Å². The Balaban J connectivity index is 2.70. The minimum atomic E-state index is -3.38. The van der Waals surface area contributed by atoms with Crippen LogP contribution in [0.1, 0.15) is 52.7 Å². The molecule has 118 valence electrons. The van der Waals surface area contributed by atoms with Crippen molar-refractivity contribution in [2.75, 3.05) is 17.5 Å². The van der Waals surface area contributed by atoms with Crippen LogP contribution >= 0.6 is 7.52 Å². The smallest absolute Gasteiger partial charge is 0.288 e. The van der Waals surface area contributed by atoms with E-state index in [0.29, 0.717) is 11.4 Å². The van der Waals surface area contributed by atoms with Gasteiger partial charge in [-0.05, 0) is 39.5 Å². The Kier molecular flexibility index (Phi) is 3.33.